The van der Waals surface area contributed by atoms with Gasteiger partial charge in [-0.25, -0.2) is 4.79 Å². The first kappa shape index (κ1) is 16.9. The predicted octanol–water partition coefficient (Wildman–Crippen LogP) is 4.13. The highest BCUT2D eigenvalue weighted by atomic mass is 32.1. The molecule has 0 unspecified atom stereocenters. The van der Waals surface area contributed by atoms with Crippen molar-refractivity contribution < 1.29 is 14.3 Å². The van der Waals surface area contributed by atoms with E-state index in [-0.39, 0.29) is 12.5 Å². The molecule has 0 bridgehead atoms. The van der Waals surface area contributed by atoms with Crippen LogP contribution in [0.5, 0.6) is 0 Å². The van der Waals surface area contributed by atoms with Crippen LogP contribution in [0, 0.1) is 0 Å². The number of carbonyl (C=O) groups is 2. The van der Waals surface area contributed by atoms with E-state index in [2.05, 4.69) is 5.32 Å². The lowest BCUT2D eigenvalue weighted by molar-refractivity contribution is -0.119. The van der Waals surface area contributed by atoms with Gasteiger partial charge in [0.2, 0.25) is 0 Å². The lowest BCUT2D eigenvalue weighted by atomic mass is 10.0. The number of carbonyl (C=O) groups excluding carboxylic acids is 2. The summed E-state index contributed by atoms with van der Waals surface area (Å²) in [4.78, 5) is 24.4. The SMILES string of the molecule is O=C(COC(=O)c1cccs1)Nc1ccccc1Cc1ccccc1. The molecule has 1 heterocycles. The summed E-state index contributed by atoms with van der Waals surface area (Å²) >= 11 is 1.28. The highest BCUT2D eigenvalue weighted by Crippen LogP contribution is 2.19. The van der Waals surface area contributed by atoms with Crippen molar-refractivity contribution in [1.82, 2.24) is 0 Å². The third-order valence-corrected chi connectivity index (χ3v) is 4.44. The largest absolute Gasteiger partial charge is 0.451 e. The van der Waals surface area contributed by atoms with Gasteiger partial charge in [0.05, 0.1) is 0 Å². The lowest BCUT2D eigenvalue weighted by Gasteiger charge is -2.11. The normalized spacial score (nSPS) is 10.2. The number of ether oxygens (including phenoxy) is 1. The number of anilines is 1. The van der Waals surface area contributed by atoms with Crippen molar-refractivity contribution in [2.24, 2.45) is 0 Å². The Morgan fingerprint density at radius 3 is 2.44 bits per heavy atom. The van der Waals surface area contributed by atoms with Crippen molar-refractivity contribution in [2.45, 2.75) is 6.42 Å². The maximum Gasteiger partial charge on any atom is 0.348 e. The Kier molecular flexibility index (Phi) is 5.59. The summed E-state index contributed by atoms with van der Waals surface area (Å²) in [5.41, 5.74) is 2.89. The maximum atomic E-state index is 12.1. The fourth-order valence-corrected chi connectivity index (χ4v) is 3.01. The predicted molar refractivity (Wildman–Crippen MR) is 98.9 cm³/mol. The molecule has 2 aromatic carbocycles. The molecule has 0 saturated carbocycles. The van der Waals surface area contributed by atoms with Gasteiger partial charge >= 0.3 is 5.97 Å². The van der Waals surface area contributed by atoms with Crippen molar-refractivity contribution in [3.63, 3.8) is 0 Å². The zero-order valence-electron chi connectivity index (χ0n) is 13.5. The van der Waals surface area contributed by atoms with Crippen LogP contribution in [0.15, 0.2) is 72.1 Å². The number of nitrogens with one attached hydrogen (secondary N) is 1. The molecule has 0 fully saturated rings. The second kappa shape index (κ2) is 8.26. The van der Waals surface area contributed by atoms with Crippen molar-refractivity contribution in [3.05, 3.63) is 88.1 Å². The summed E-state index contributed by atoms with van der Waals surface area (Å²) in [7, 11) is 0. The molecule has 25 heavy (non-hydrogen) atoms. The Morgan fingerprint density at radius 2 is 1.68 bits per heavy atom. The molecule has 0 aliphatic heterocycles. The minimum Gasteiger partial charge on any atom is -0.451 e. The highest BCUT2D eigenvalue weighted by molar-refractivity contribution is 7.11. The topological polar surface area (TPSA) is 55.4 Å². The van der Waals surface area contributed by atoms with Crippen LogP contribution < -0.4 is 5.32 Å². The average Bonchev–Trinajstić information content (AvgIpc) is 3.17. The van der Waals surface area contributed by atoms with E-state index in [9.17, 15) is 9.59 Å². The van der Waals surface area contributed by atoms with Crippen molar-refractivity contribution in [1.29, 1.82) is 0 Å². The van der Waals surface area contributed by atoms with Crippen LogP contribution in [0.3, 0.4) is 0 Å². The third kappa shape index (κ3) is 4.78. The number of para-hydroxylation sites is 1. The molecule has 1 aromatic heterocycles. The van der Waals surface area contributed by atoms with Gasteiger partial charge in [0, 0.05) is 5.69 Å². The zero-order valence-corrected chi connectivity index (χ0v) is 14.3. The molecule has 1 amide bonds. The summed E-state index contributed by atoms with van der Waals surface area (Å²) in [5, 5.41) is 4.61. The number of benzene rings is 2. The summed E-state index contributed by atoms with van der Waals surface area (Å²) in [6.07, 6.45) is 0.715. The molecule has 0 atom stereocenters. The van der Waals surface area contributed by atoms with Crippen LogP contribution in [0.25, 0.3) is 0 Å². The Bertz CT molecular complexity index is 844. The number of amides is 1. The van der Waals surface area contributed by atoms with Gasteiger partial charge in [0.15, 0.2) is 6.61 Å². The van der Waals surface area contributed by atoms with E-state index in [0.29, 0.717) is 11.3 Å². The fraction of sp³-hybridized carbons (Fsp3) is 0.100. The van der Waals surface area contributed by atoms with Gasteiger partial charge in [0.25, 0.3) is 5.91 Å². The van der Waals surface area contributed by atoms with Crippen LogP contribution in [-0.4, -0.2) is 18.5 Å². The molecule has 4 nitrogen and oxygen atoms in total. The van der Waals surface area contributed by atoms with Crippen LogP contribution in [0.4, 0.5) is 5.69 Å². The van der Waals surface area contributed by atoms with E-state index in [4.69, 9.17) is 4.74 Å². The van der Waals surface area contributed by atoms with E-state index in [0.717, 1.165) is 16.8 Å². The standard InChI is InChI=1S/C20H17NO3S/c22-19(14-24-20(23)18-11-6-12-25-18)21-17-10-5-4-9-16(17)13-15-7-2-1-3-8-15/h1-12H,13-14H2,(H,21,22). The van der Waals surface area contributed by atoms with Crippen molar-refractivity contribution in [3.8, 4) is 0 Å². The molecular formula is C20H17NO3S. The smallest absolute Gasteiger partial charge is 0.348 e. The molecule has 0 aliphatic carbocycles. The summed E-state index contributed by atoms with van der Waals surface area (Å²) < 4.78 is 5.04. The second-order valence-corrected chi connectivity index (χ2v) is 6.37. The fourth-order valence-electron chi connectivity index (χ4n) is 2.40. The van der Waals surface area contributed by atoms with Crippen molar-refractivity contribution in [2.75, 3.05) is 11.9 Å². The molecule has 0 aliphatic rings. The quantitative estimate of drug-likeness (QED) is 0.679. The highest BCUT2D eigenvalue weighted by Gasteiger charge is 2.12. The molecule has 5 heteroatoms. The summed E-state index contributed by atoms with van der Waals surface area (Å²) in [6.45, 7) is -0.309. The van der Waals surface area contributed by atoms with E-state index in [1.165, 1.54) is 11.3 Å². The number of hydrogen-bond acceptors (Lipinski definition) is 4. The number of esters is 1. The van der Waals surface area contributed by atoms with E-state index in [1.807, 2.05) is 54.6 Å². The van der Waals surface area contributed by atoms with Gasteiger partial charge in [-0.1, -0.05) is 54.6 Å². The first-order valence-corrected chi connectivity index (χ1v) is 8.72. The lowest BCUT2D eigenvalue weighted by Crippen LogP contribution is -2.21. The second-order valence-electron chi connectivity index (χ2n) is 5.42. The van der Waals surface area contributed by atoms with Gasteiger partial charge in [-0.15, -0.1) is 11.3 Å². The molecule has 0 saturated heterocycles. The molecular weight excluding hydrogens is 334 g/mol. The minimum absolute atomic E-state index is 0.309. The molecule has 126 valence electrons. The Hall–Kier alpha value is -2.92. The molecule has 1 N–H and O–H groups in total. The van der Waals surface area contributed by atoms with Gasteiger partial charge in [0.1, 0.15) is 4.88 Å². The molecule has 0 spiro atoms. The van der Waals surface area contributed by atoms with Crippen LogP contribution in [0.1, 0.15) is 20.8 Å². The van der Waals surface area contributed by atoms with Crippen LogP contribution >= 0.6 is 11.3 Å². The molecule has 3 rings (SSSR count). The van der Waals surface area contributed by atoms with E-state index < -0.39 is 5.97 Å². The summed E-state index contributed by atoms with van der Waals surface area (Å²) in [6, 6.07) is 21.1. The minimum atomic E-state index is -0.484. The van der Waals surface area contributed by atoms with Gasteiger partial charge in [-0.3, -0.25) is 4.79 Å². The molecule has 3 aromatic rings. The maximum absolute atomic E-state index is 12.1. The Morgan fingerprint density at radius 1 is 0.920 bits per heavy atom. The third-order valence-electron chi connectivity index (χ3n) is 3.59. The first-order chi connectivity index (χ1) is 12.2. The number of thiophene rings is 1. The van der Waals surface area contributed by atoms with E-state index >= 15 is 0 Å². The first-order valence-electron chi connectivity index (χ1n) is 7.84. The van der Waals surface area contributed by atoms with E-state index in [1.54, 1.807) is 17.5 Å². The average molecular weight is 351 g/mol. The Labute approximate surface area is 150 Å². The summed E-state index contributed by atoms with van der Waals surface area (Å²) in [5.74, 6) is -0.840. The van der Waals surface area contributed by atoms with Gasteiger partial charge < -0.3 is 10.1 Å². The van der Waals surface area contributed by atoms with Crippen LogP contribution in [-0.2, 0) is 16.0 Å². The zero-order chi connectivity index (χ0) is 17.5. The van der Waals surface area contributed by atoms with Gasteiger partial charge in [-0.05, 0) is 35.1 Å². The number of rotatable bonds is 6. The molecule has 0 radical (unpaired) electrons. The van der Waals surface area contributed by atoms with Crippen molar-refractivity contribution >= 4 is 28.9 Å². The Balaban J connectivity index is 1.60. The number of hydrogen-bond donors (Lipinski definition) is 1. The monoisotopic (exact) mass is 351 g/mol. The van der Waals surface area contributed by atoms with Gasteiger partial charge in [-0.2, -0.15) is 0 Å². The van der Waals surface area contributed by atoms with Crippen LogP contribution in [0.2, 0.25) is 0 Å².